The van der Waals surface area contributed by atoms with E-state index in [4.69, 9.17) is 0 Å². The van der Waals surface area contributed by atoms with E-state index in [1.807, 2.05) is 13.8 Å². The molecule has 0 aliphatic rings. The van der Waals surface area contributed by atoms with Gasteiger partial charge in [0.25, 0.3) is 10.0 Å². The predicted octanol–water partition coefficient (Wildman–Crippen LogP) is 1.27. The van der Waals surface area contributed by atoms with Crippen LogP contribution >= 0.6 is 0 Å². The van der Waals surface area contributed by atoms with Crippen molar-refractivity contribution < 1.29 is 8.42 Å². The average molecular weight is 231 g/mol. The van der Waals surface area contributed by atoms with Gasteiger partial charge in [0.2, 0.25) is 0 Å². The Hall–Kier alpha value is -0.880. The summed E-state index contributed by atoms with van der Waals surface area (Å²) < 4.78 is 26.2. The Morgan fingerprint density at radius 3 is 2.73 bits per heavy atom. The number of nitrogens with zero attached hydrogens (tertiary/aromatic N) is 1. The van der Waals surface area contributed by atoms with Crippen LogP contribution in [0.25, 0.3) is 0 Å². The van der Waals surface area contributed by atoms with Gasteiger partial charge in [0.1, 0.15) is 0 Å². The van der Waals surface area contributed by atoms with Crippen molar-refractivity contribution in [3.05, 3.63) is 12.3 Å². The standard InChI is InChI=1S/C9H17N3O2S/c1-3-5-8(4-2)12-15(13,14)9-6-7-10-11-9/h6-8,12H,3-5H2,1-2H3,(H,10,11). The van der Waals surface area contributed by atoms with Gasteiger partial charge in [-0.1, -0.05) is 20.3 Å². The molecule has 0 aliphatic carbocycles. The minimum atomic E-state index is -3.42. The lowest BCUT2D eigenvalue weighted by Gasteiger charge is -2.14. The van der Waals surface area contributed by atoms with Crippen LogP contribution < -0.4 is 4.72 Å². The van der Waals surface area contributed by atoms with E-state index in [0.717, 1.165) is 19.3 Å². The summed E-state index contributed by atoms with van der Waals surface area (Å²) >= 11 is 0. The number of H-pyrrole nitrogens is 1. The predicted molar refractivity (Wildman–Crippen MR) is 57.9 cm³/mol. The van der Waals surface area contributed by atoms with Crippen molar-refractivity contribution in [1.29, 1.82) is 0 Å². The van der Waals surface area contributed by atoms with Gasteiger partial charge in [0.05, 0.1) is 6.20 Å². The number of hydrogen-bond donors (Lipinski definition) is 2. The molecule has 2 N–H and O–H groups in total. The lowest BCUT2D eigenvalue weighted by molar-refractivity contribution is 0.510. The second-order valence-electron chi connectivity index (χ2n) is 3.44. The SMILES string of the molecule is CCCC(CC)NS(=O)(=O)c1ccn[nH]1. The van der Waals surface area contributed by atoms with Gasteiger partial charge in [-0.2, -0.15) is 5.10 Å². The largest absolute Gasteiger partial charge is 0.266 e. The Balaban J connectivity index is 2.72. The summed E-state index contributed by atoms with van der Waals surface area (Å²) in [6, 6.07) is 1.45. The molecular weight excluding hydrogens is 214 g/mol. The fourth-order valence-electron chi connectivity index (χ4n) is 1.37. The Labute approximate surface area is 90.3 Å². The maximum absolute atomic E-state index is 11.8. The molecule has 0 amide bonds. The molecule has 15 heavy (non-hydrogen) atoms. The topological polar surface area (TPSA) is 74.8 Å². The van der Waals surface area contributed by atoms with Crippen LogP contribution in [-0.4, -0.2) is 24.7 Å². The first-order valence-corrected chi connectivity index (χ1v) is 6.60. The van der Waals surface area contributed by atoms with Crippen LogP contribution in [0.1, 0.15) is 33.1 Å². The highest BCUT2D eigenvalue weighted by Crippen LogP contribution is 2.08. The highest BCUT2D eigenvalue weighted by molar-refractivity contribution is 7.89. The maximum Gasteiger partial charge on any atom is 0.257 e. The van der Waals surface area contributed by atoms with Crippen molar-refractivity contribution in [1.82, 2.24) is 14.9 Å². The second kappa shape index (κ2) is 5.27. The molecule has 1 aromatic heterocycles. The molecule has 6 heteroatoms. The summed E-state index contributed by atoms with van der Waals surface area (Å²) in [4.78, 5) is 0. The third-order valence-corrected chi connectivity index (χ3v) is 3.67. The molecule has 0 aromatic carbocycles. The summed E-state index contributed by atoms with van der Waals surface area (Å²) in [6.45, 7) is 4.00. The lowest BCUT2D eigenvalue weighted by Crippen LogP contribution is -2.34. The summed E-state index contributed by atoms with van der Waals surface area (Å²) in [5, 5.41) is 6.19. The molecule has 1 heterocycles. The van der Waals surface area contributed by atoms with Gasteiger partial charge < -0.3 is 0 Å². The van der Waals surface area contributed by atoms with Gasteiger partial charge in [-0.15, -0.1) is 0 Å². The van der Waals surface area contributed by atoms with E-state index >= 15 is 0 Å². The normalized spacial score (nSPS) is 14.0. The van der Waals surface area contributed by atoms with Crippen LogP contribution in [0, 0.1) is 0 Å². The summed E-state index contributed by atoms with van der Waals surface area (Å²) in [5.41, 5.74) is 0. The van der Waals surface area contributed by atoms with Crippen molar-refractivity contribution in [3.63, 3.8) is 0 Å². The zero-order valence-electron chi connectivity index (χ0n) is 9.03. The maximum atomic E-state index is 11.8. The van der Waals surface area contributed by atoms with E-state index in [-0.39, 0.29) is 11.1 Å². The first-order chi connectivity index (χ1) is 7.10. The highest BCUT2D eigenvalue weighted by atomic mass is 32.2. The van der Waals surface area contributed by atoms with Gasteiger partial charge in [-0.3, -0.25) is 5.10 Å². The molecule has 0 spiro atoms. The fraction of sp³-hybridized carbons (Fsp3) is 0.667. The van der Waals surface area contributed by atoms with Crippen LogP contribution in [0.15, 0.2) is 17.3 Å². The molecular formula is C9H17N3O2S. The first-order valence-electron chi connectivity index (χ1n) is 5.11. The summed E-state index contributed by atoms with van der Waals surface area (Å²) in [5.74, 6) is 0. The third-order valence-electron chi connectivity index (χ3n) is 2.22. The minimum absolute atomic E-state index is 0.00306. The molecule has 0 bridgehead atoms. The van der Waals surface area contributed by atoms with Crippen LogP contribution in [0.2, 0.25) is 0 Å². The molecule has 0 radical (unpaired) electrons. The van der Waals surface area contributed by atoms with Crippen molar-refractivity contribution in [3.8, 4) is 0 Å². The van der Waals surface area contributed by atoms with E-state index in [9.17, 15) is 8.42 Å². The van der Waals surface area contributed by atoms with Crippen molar-refractivity contribution >= 4 is 10.0 Å². The Bertz CT molecular complexity index is 372. The Morgan fingerprint density at radius 2 is 2.27 bits per heavy atom. The van der Waals surface area contributed by atoms with Crippen LogP contribution in [0.3, 0.4) is 0 Å². The zero-order chi connectivity index (χ0) is 11.3. The number of aromatic nitrogens is 2. The van der Waals surface area contributed by atoms with E-state index < -0.39 is 10.0 Å². The van der Waals surface area contributed by atoms with Crippen molar-refractivity contribution in [2.75, 3.05) is 0 Å². The smallest absolute Gasteiger partial charge is 0.257 e. The highest BCUT2D eigenvalue weighted by Gasteiger charge is 2.19. The van der Waals surface area contributed by atoms with Gasteiger partial charge >= 0.3 is 0 Å². The molecule has 5 nitrogen and oxygen atoms in total. The van der Waals surface area contributed by atoms with Gasteiger partial charge in [-0.05, 0) is 18.9 Å². The molecule has 0 aliphatic heterocycles. The monoisotopic (exact) mass is 231 g/mol. The van der Waals surface area contributed by atoms with Crippen LogP contribution in [0.4, 0.5) is 0 Å². The first kappa shape index (κ1) is 12.2. The number of rotatable bonds is 6. The number of hydrogen-bond acceptors (Lipinski definition) is 3. The second-order valence-corrected chi connectivity index (χ2v) is 5.12. The van der Waals surface area contributed by atoms with Crippen LogP contribution in [0.5, 0.6) is 0 Å². The molecule has 1 unspecified atom stereocenters. The fourth-order valence-corrected chi connectivity index (χ4v) is 2.63. The molecule has 0 saturated carbocycles. The third kappa shape index (κ3) is 3.32. The van der Waals surface area contributed by atoms with Crippen molar-refractivity contribution in [2.24, 2.45) is 0 Å². The zero-order valence-corrected chi connectivity index (χ0v) is 9.84. The van der Waals surface area contributed by atoms with Crippen LogP contribution in [-0.2, 0) is 10.0 Å². The Morgan fingerprint density at radius 1 is 1.53 bits per heavy atom. The molecule has 1 aromatic rings. The Kier molecular flexibility index (Phi) is 4.28. The van der Waals surface area contributed by atoms with E-state index in [1.165, 1.54) is 12.3 Å². The number of sulfonamides is 1. The van der Waals surface area contributed by atoms with Gasteiger partial charge in [-0.25, -0.2) is 13.1 Å². The molecule has 0 saturated heterocycles. The molecule has 0 fully saturated rings. The number of nitrogens with one attached hydrogen (secondary N) is 2. The summed E-state index contributed by atoms with van der Waals surface area (Å²) in [6.07, 6.45) is 4.03. The van der Waals surface area contributed by atoms with E-state index in [1.54, 1.807) is 0 Å². The molecule has 1 rings (SSSR count). The molecule has 86 valence electrons. The van der Waals surface area contributed by atoms with Crippen molar-refractivity contribution in [2.45, 2.75) is 44.2 Å². The van der Waals surface area contributed by atoms with Gasteiger partial charge in [0.15, 0.2) is 5.03 Å². The lowest BCUT2D eigenvalue weighted by atomic mass is 10.1. The minimum Gasteiger partial charge on any atom is -0.266 e. The number of aromatic amines is 1. The summed E-state index contributed by atoms with van der Waals surface area (Å²) in [7, 11) is -3.42. The average Bonchev–Trinajstić information content (AvgIpc) is 2.70. The molecule has 1 atom stereocenters. The van der Waals surface area contributed by atoms with Gasteiger partial charge in [0, 0.05) is 6.04 Å². The van der Waals surface area contributed by atoms with E-state index in [2.05, 4.69) is 14.9 Å². The quantitative estimate of drug-likeness (QED) is 0.774. The van der Waals surface area contributed by atoms with E-state index in [0.29, 0.717) is 0 Å².